The molecule has 0 aliphatic heterocycles. The van der Waals surface area contributed by atoms with Gasteiger partial charge in [0.25, 0.3) is 0 Å². The molecule has 0 aromatic heterocycles. The van der Waals surface area contributed by atoms with Crippen LogP contribution in [0.2, 0.25) is 0 Å². The smallest absolute Gasteiger partial charge is 0.118 e. The molecular formula is C22H38NO+. The highest BCUT2D eigenvalue weighted by atomic mass is 16.5. The van der Waals surface area contributed by atoms with Gasteiger partial charge in [-0.3, -0.25) is 0 Å². The fourth-order valence-electron chi connectivity index (χ4n) is 3.94. The van der Waals surface area contributed by atoms with Crippen LogP contribution in [-0.4, -0.2) is 19.7 Å². The Kier molecular flexibility index (Phi) is 8.11. The second-order valence-electron chi connectivity index (χ2n) is 8.27. The van der Waals surface area contributed by atoms with Crippen LogP contribution in [0.5, 0.6) is 5.75 Å². The molecule has 24 heavy (non-hydrogen) atoms. The maximum Gasteiger partial charge on any atom is 0.118 e. The third-order valence-corrected chi connectivity index (χ3v) is 5.76. The van der Waals surface area contributed by atoms with Crippen molar-refractivity contribution in [1.82, 2.24) is 0 Å². The minimum absolute atomic E-state index is 0.692. The van der Waals surface area contributed by atoms with Gasteiger partial charge in [0.1, 0.15) is 5.75 Å². The van der Waals surface area contributed by atoms with Gasteiger partial charge in [-0.2, -0.15) is 0 Å². The van der Waals surface area contributed by atoms with Crippen LogP contribution in [0.1, 0.15) is 77.2 Å². The molecule has 2 nitrogen and oxygen atoms in total. The van der Waals surface area contributed by atoms with Crippen LogP contribution in [0, 0.1) is 11.8 Å². The SMILES string of the molecule is COc1ccc([C@H](CC[NH2+]C2CCC(C)CC2)CCC(C)C)cc1. The van der Waals surface area contributed by atoms with Crippen LogP contribution < -0.4 is 10.1 Å². The minimum atomic E-state index is 0.692. The van der Waals surface area contributed by atoms with Gasteiger partial charge in [0, 0.05) is 6.42 Å². The number of hydrogen-bond acceptors (Lipinski definition) is 1. The summed E-state index contributed by atoms with van der Waals surface area (Å²) in [6.45, 7) is 8.34. The Labute approximate surface area is 149 Å². The molecule has 1 aliphatic carbocycles. The van der Waals surface area contributed by atoms with Gasteiger partial charge < -0.3 is 10.1 Å². The van der Waals surface area contributed by atoms with Crippen LogP contribution in [-0.2, 0) is 0 Å². The van der Waals surface area contributed by atoms with Crippen molar-refractivity contribution in [1.29, 1.82) is 0 Å². The Balaban J connectivity index is 1.85. The Bertz CT molecular complexity index is 446. The average Bonchev–Trinajstić information content (AvgIpc) is 2.59. The molecular weight excluding hydrogens is 294 g/mol. The quantitative estimate of drug-likeness (QED) is 0.694. The summed E-state index contributed by atoms with van der Waals surface area (Å²) >= 11 is 0. The zero-order valence-electron chi connectivity index (χ0n) is 16.3. The van der Waals surface area contributed by atoms with Gasteiger partial charge in [0.05, 0.1) is 19.7 Å². The van der Waals surface area contributed by atoms with Gasteiger partial charge in [-0.15, -0.1) is 0 Å². The van der Waals surface area contributed by atoms with Crippen LogP contribution in [0.3, 0.4) is 0 Å². The molecule has 0 spiro atoms. The van der Waals surface area contributed by atoms with Crippen molar-refractivity contribution < 1.29 is 10.1 Å². The largest absolute Gasteiger partial charge is 0.497 e. The summed E-state index contributed by atoms with van der Waals surface area (Å²) in [5.41, 5.74) is 1.49. The first-order valence-corrected chi connectivity index (χ1v) is 10.1. The molecule has 1 aliphatic rings. The fraction of sp³-hybridized carbons (Fsp3) is 0.727. The number of quaternary nitrogens is 1. The van der Waals surface area contributed by atoms with Crippen molar-refractivity contribution in [3.63, 3.8) is 0 Å². The van der Waals surface area contributed by atoms with E-state index in [9.17, 15) is 0 Å². The maximum atomic E-state index is 5.31. The molecule has 0 saturated heterocycles. The summed E-state index contributed by atoms with van der Waals surface area (Å²) in [5.74, 6) is 3.39. The summed E-state index contributed by atoms with van der Waals surface area (Å²) in [4.78, 5) is 0. The summed E-state index contributed by atoms with van der Waals surface area (Å²) < 4.78 is 5.31. The van der Waals surface area contributed by atoms with E-state index < -0.39 is 0 Å². The van der Waals surface area contributed by atoms with Crippen LogP contribution in [0.4, 0.5) is 0 Å². The van der Waals surface area contributed by atoms with E-state index in [1.54, 1.807) is 7.11 Å². The number of ether oxygens (including phenoxy) is 1. The summed E-state index contributed by atoms with van der Waals surface area (Å²) in [5, 5.41) is 2.64. The Morgan fingerprint density at radius 3 is 2.25 bits per heavy atom. The standard InChI is InChI=1S/C22H37NO/c1-17(2)5-8-20(19-9-13-22(24-4)14-10-19)15-16-23-21-11-6-18(3)7-12-21/h9-10,13-14,17-18,20-21,23H,5-8,11-12,15-16H2,1-4H3/p+1/t18?,20-,21?/m0/s1. The molecule has 1 atom stereocenters. The third-order valence-electron chi connectivity index (χ3n) is 5.76. The molecule has 0 unspecified atom stereocenters. The lowest BCUT2D eigenvalue weighted by Crippen LogP contribution is -2.90. The fourth-order valence-corrected chi connectivity index (χ4v) is 3.94. The van der Waals surface area contributed by atoms with Gasteiger partial charge >= 0.3 is 0 Å². The topological polar surface area (TPSA) is 25.8 Å². The van der Waals surface area contributed by atoms with Gasteiger partial charge in [0.2, 0.25) is 0 Å². The lowest BCUT2D eigenvalue weighted by atomic mass is 9.86. The van der Waals surface area contributed by atoms with Crippen molar-refractivity contribution in [2.45, 2.75) is 77.7 Å². The van der Waals surface area contributed by atoms with Crippen LogP contribution >= 0.6 is 0 Å². The zero-order valence-corrected chi connectivity index (χ0v) is 16.3. The van der Waals surface area contributed by atoms with Gasteiger partial charge in [-0.05, 0) is 67.6 Å². The number of hydrogen-bond donors (Lipinski definition) is 1. The number of rotatable bonds is 9. The van der Waals surface area contributed by atoms with Crippen molar-refractivity contribution in [3.8, 4) is 5.75 Å². The van der Waals surface area contributed by atoms with Crippen LogP contribution in [0.15, 0.2) is 24.3 Å². The molecule has 0 heterocycles. The summed E-state index contributed by atoms with van der Waals surface area (Å²) in [6, 6.07) is 9.65. The number of nitrogens with two attached hydrogens (primary N) is 1. The Hall–Kier alpha value is -1.02. The number of benzene rings is 1. The molecule has 2 heteroatoms. The molecule has 1 aromatic carbocycles. The zero-order chi connectivity index (χ0) is 17.4. The van der Waals surface area contributed by atoms with Crippen LogP contribution in [0.25, 0.3) is 0 Å². The summed E-state index contributed by atoms with van der Waals surface area (Å²) in [6.07, 6.45) is 9.61. The monoisotopic (exact) mass is 332 g/mol. The highest BCUT2D eigenvalue weighted by molar-refractivity contribution is 5.29. The Morgan fingerprint density at radius 2 is 1.67 bits per heavy atom. The van der Waals surface area contributed by atoms with Gasteiger partial charge in [0.15, 0.2) is 0 Å². The highest BCUT2D eigenvalue weighted by Crippen LogP contribution is 2.28. The summed E-state index contributed by atoms with van der Waals surface area (Å²) in [7, 11) is 1.74. The first-order chi connectivity index (χ1) is 11.6. The van der Waals surface area contributed by atoms with Crippen molar-refractivity contribution in [3.05, 3.63) is 29.8 Å². The lowest BCUT2D eigenvalue weighted by Gasteiger charge is -2.25. The molecule has 0 bridgehead atoms. The maximum absolute atomic E-state index is 5.31. The van der Waals surface area contributed by atoms with E-state index in [4.69, 9.17) is 4.74 Å². The van der Waals surface area contributed by atoms with Crippen molar-refractivity contribution >= 4 is 0 Å². The molecule has 1 aromatic rings. The molecule has 136 valence electrons. The second kappa shape index (κ2) is 10.1. The second-order valence-corrected chi connectivity index (χ2v) is 8.27. The van der Waals surface area contributed by atoms with Gasteiger partial charge in [-0.25, -0.2) is 0 Å². The average molecular weight is 333 g/mol. The first-order valence-electron chi connectivity index (χ1n) is 10.1. The molecule has 2 N–H and O–H groups in total. The molecule has 2 rings (SSSR count). The van der Waals surface area contributed by atoms with E-state index in [1.165, 1.54) is 57.1 Å². The lowest BCUT2D eigenvalue weighted by molar-refractivity contribution is -0.692. The molecule has 1 saturated carbocycles. The third kappa shape index (κ3) is 6.47. The van der Waals surface area contributed by atoms with E-state index >= 15 is 0 Å². The van der Waals surface area contributed by atoms with Gasteiger partial charge in [-0.1, -0.05) is 39.3 Å². The predicted molar refractivity (Wildman–Crippen MR) is 103 cm³/mol. The van der Waals surface area contributed by atoms with E-state index in [0.717, 1.165) is 23.6 Å². The molecule has 0 amide bonds. The van der Waals surface area contributed by atoms with E-state index in [2.05, 4.69) is 50.4 Å². The first kappa shape index (κ1) is 19.3. The minimum Gasteiger partial charge on any atom is -0.497 e. The van der Waals surface area contributed by atoms with E-state index in [0.29, 0.717) is 5.92 Å². The van der Waals surface area contributed by atoms with E-state index in [-0.39, 0.29) is 0 Å². The van der Waals surface area contributed by atoms with E-state index in [1.807, 2.05) is 0 Å². The van der Waals surface area contributed by atoms with Crippen molar-refractivity contribution in [2.75, 3.05) is 13.7 Å². The highest BCUT2D eigenvalue weighted by Gasteiger charge is 2.21. The predicted octanol–water partition coefficient (Wildman–Crippen LogP) is 4.75. The Morgan fingerprint density at radius 1 is 1.00 bits per heavy atom. The molecule has 0 radical (unpaired) electrons. The molecule has 1 fully saturated rings. The van der Waals surface area contributed by atoms with Crippen molar-refractivity contribution in [2.24, 2.45) is 11.8 Å². The normalized spacial score (nSPS) is 22.5. The number of methoxy groups -OCH3 is 1.